The van der Waals surface area contributed by atoms with E-state index in [1.807, 2.05) is 4.68 Å². The van der Waals surface area contributed by atoms with Crippen LogP contribution in [0, 0.1) is 11.7 Å². The number of benzene rings is 1. The molecule has 1 heterocycles. The van der Waals surface area contributed by atoms with Crippen LogP contribution in [0.5, 0.6) is 0 Å². The Labute approximate surface area is 92.6 Å². The van der Waals surface area contributed by atoms with Crippen LogP contribution in [0.1, 0.15) is 13.8 Å². The van der Waals surface area contributed by atoms with Gasteiger partial charge in [0.25, 0.3) is 0 Å². The smallest absolute Gasteiger partial charge is 0.159 e. The highest BCUT2D eigenvalue weighted by Gasteiger charge is 2.10. The number of halogens is 2. The molecule has 0 aliphatic carbocycles. The van der Waals surface area contributed by atoms with Crippen molar-refractivity contribution < 1.29 is 4.39 Å². The quantitative estimate of drug-likeness (QED) is 0.767. The van der Waals surface area contributed by atoms with E-state index in [4.69, 9.17) is 11.6 Å². The third-order valence-corrected chi connectivity index (χ3v) is 2.48. The van der Waals surface area contributed by atoms with Gasteiger partial charge in [0, 0.05) is 11.9 Å². The Bertz CT molecular complexity index is 491. The second kappa shape index (κ2) is 3.81. The number of aromatic nitrogens is 2. The molecule has 0 aliphatic rings. The Balaban J connectivity index is 2.57. The average Bonchev–Trinajstić information content (AvgIpc) is 2.42. The van der Waals surface area contributed by atoms with Crippen LogP contribution in [0.4, 0.5) is 4.39 Å². The van der Waals surface area contributed by atoms with Gasteiger partial charge in [-0.05, 0) is 24.1 Å². The van der Waals surface area contributed by atoms with E-state index in [1.54, 1.807) is 6.07 Å². The monoisotopic (exact) mass is 226 g/mol. The lowest BCUT2D eigenvalue weighted by Gasteiger charge is -2.05. The number of fused-ring (bicyclic) bond motifs is 1. The molecular weight excluding hydrogens is 215 g/mol. The molecule has 1 aromatic carbocycles. The lowest BCUT2D eigenvalue weighted by molar-refractivity contribution is 0.495. The van der Waals surface area contributed by atoms with Crippen molar-refractivity contribution in [3.05, 3.63) is 29.2 Å². The lowest BCUT2D eigenvalue weighted by atomic mass is 10.2. The first-order valence-corrected chi connectivity index (χ1v) is 5.27. The second-order valence-electron chi connectivity index (χ2n) is 4.03. The van der Waals surface area contributed by atoms with Crippen molar-refractivity contribution in [2.24, 2.45) is 5.92 Å². The second-order valence-corrected chi connectivity index (χ2v) is 4.39. The zero-order chi connectivity index (χ0) is 11.0. The molecular formula is C11H12ClFN2. The highest BCUT2D eigenvalue weighted by Crippen LogP contribution is 2.24. The van der Waals surface area contributed by atoms with Gasteiger partial charge in [-0.3, -0.25) is 4.68 Å². The Kier molecular flexibility index (Phi) is 2.65. The first-order valence-electron chi connectivity index (χ1n) is 4.89. The van der Waals surface area contributed by atoms with Crippen molar-refractivity contribution in [2.45, 2.75) is 20.4 Å². The van der Waals surface area contributed by atoms with Crippen LogP contribution < -0.4 is 0 Å². The van der Waals surface area contributed by atoms with Gasteiger partial charge in [-0.2, -0.15) is 5.10 Å². The number of hydrogen-bond acceptors (Lipinski definition) is 1. The molecule has 0 spiro atoms. The van der Waals surface area contributed by atoms with Crippen molar-refractivity contribution >= 4 is 22.5 Å². The fraction of sp³-hybridized carbons (Fsp3) is 0.364. The third kappa shape index (κ3) is 1.97. The predicted octanol–water partition coefficient (Wildman–Crippen LogP) is 3.48. The first kappa shape index (κ1) is 10.4. The Morgan fingerprint density at radius 2 is 2.20 bits per heavy atom. The minimum Gasteiger partial charge on any atom is -0.263 e. The molecule has 0 saturated heterocycles. The van der Waals surface area contributed by atoms with Crippen LogP contribution in [0.25, 0.3) is 10.9 Å². The normalized spacial score (nSPS) is 11.5. The van der Waals surface area contributed by atoms with E-state index in [9.17, 15) is 4.39 Å². The fourth-order valence-corrected chi connectivity index (χ4v) is 1.84. The third-order valence-electron chi connectivity index (χ3n) is 2.21. The first-order chi connectivity index (χ1) is 7.08. The number of rotatable bonds is 2. The maximum Gasteiger partial charge on any atom is 0.159 e. The molecule has 1 aromatic heterocycles. The Hall–Kier alpha value is -1.09. The molecule has 2 nitrogen and oxygen atoms in total. The van der Waals surface area contributed by atoms with Gasteiger partial charge in [0.1, 0.15) is 5.82 Å². The summed E-state index contributed by atoms with van der Waals surface area (Å²) in [5, 5.41) is 5.23. The molecule has 0 radical (unpaired) electrons. The van der Waals surface area contributed by atoms with Crippen LogP contribution in [-0.4, -0.2) is 9.78 Å². The summed E-state index contributed by atoms with van der Waals surface area (Å²) in [6.45, 7) is 4.99. The summed E-state index contributed by atoms with van der Waals surface area (Å²) in [7, 11) is 0. The van der Waals surface area contributed by atoms with Gasteiger partial charge in [0.05, 0.1) is 5.52 Å². The minimum atomic E-state index is -0.284. The maximum absolute atomic E-state index is 13.0. The molecule has 0 saturated carbocycles. The van der Waals surface area contributed by atoms with Gasteiger partial charge in [0.15, 0.2) is 5.15 Å². The zero-order valence-corrected chi connectivity index (χ0v) is 9.42. The Morgan fingerprint density at radius 3 is 2.87 bits per heavy atom. The van der Waals surface area contributed by atoms with Crippen molar-refractivity contribution in [1.82, 2.24) is 9.78 Å². The van der Waals surface area contributed by atoms with Gasteiger partial charge >= 0.3 is 0 Å². The van der Waals surface area contributed by atoms with Crippen molar-refractivity contribution in [1.29, 1.82) is 0 Å². The van der Waals surface area contributed by atoms with Gasteiger partial charge in [-0.1, -0.05) is 25.4 Å². The average molecular weight is 227 g/mol. The van der Waals surface area contributed by atoms with Gasteiger partial charge in [-0.15, -0.1) is 0 Å². The van der Waals surface area contributed by atoms with Crippen molar-refractivity contribution in [3.63, 3.8) is 0 Å². The summed E-state index contributed by atoms with van der Waals surface area (Å²) in [6.07, 6.45) is 0. The summed E-state index contributed by atoms with van der Waals surface area (Å²) in [6, 6.07) is 4.56. The van der Waals surface area contributed by atoms with Crippen LogP contribution in [0.2, 0.25) is 5.15 Å². The molecule has 0 bridgehead atoms. The number of hydrogen-bond donors (Lipinski definition) is 0. The van der Waals surface area contributed by atoms with Crippen molar-refractivity contribution in [2.75, 3.05) is 0 Å². The van der Waals surface area contributed by atoms with E-state index >= 15 is 0 Å². The molecule has 0 N–H and O–H groups in total. The molecule has 0 aliphatic heterocycles. The molecule has 4 heteroatoms. The topological polar surface area (TPSA) is 17.8 Å². The lowest BCUT2D eigenvalue weighted by Crippen LogP contribution is -2.05. The van der Waals surface area contributed by atoms with Crippen LogP contribution in [0.15, 0.2) is 18.2 Å². The minimum absolute atomic E-state index is 0.284. The largest absolute Gasteiger partial charge is 0.263 e. The summed E-state index contributed by atoms with van der Waals surface area (Å²) in [5.41, 5.74) is 0.884. The van der Waals surface area contributed by atoms with E-state index in [0.717, 1.165) is 12.1 Å². The highest BCUT2D eigenvalue weighted by molar-refractivity contribution is 6.34. The number of nitrogens with zero attached hydrogens (tertiary/aromatic N) is 2. The van der Waals surface area contributed by atoms with E-state index in [2.05, 4.69) is 18.9 Å². The van der Waals surface area contributed by atoms with Crippen molar-refractivity contribution in [3.8, 4) is 0 Å². The van der Waals surface area contributed by atoms with E-state index in [-0.39, 0.29) is 5.82 Å². The summed E-state index contributed by atoms with van der Waals surface area (Å²) in [4.78, 5) is 0. The van der Waals surface area contributed by atoms with Gasteiger partial charge < -0.3 is 0 Å². The molecule has 0 unspecified atom stereocenters. The molecule has 0 atom stereocenters. The standard InChI is InChI=1S/C11H12ClFN2/c1-7(2)6-15-10-4-3-8(13)5-9(10)11(12)14-15/h3-5,7H,6H2,1-2H3. The molecule has 2 rings (SSSR count). The molecule has 15 heavy (non-hydrogen) atoms. The van der Waals surface area contributed by atoms with Crippen LogP contribution >= 0.6 is 11.6 Å². The molecule has 2 aromatic rings. The van der Waals surface area contributed by atoms with E-state index in [0.29, 0.717) is 16.5 Å². The van der Waals surface area contributed by atoms with E-state index < -0.39 is 0 Å². The summed E-state index contributed by atoms with van der Waals surface area (Å²) < 4.78 is 14.8. The molecule has 80 valence electrons. The summed E-state index contributed by atoms with van der Waals surface area (Å²) >= 11 is 5.93. The fourth-order valence-electron chi connectivity index (χ4n) is 1.60. The zero-order valence-electron chi connectivity index (χ0n) is 8.67. The summed E-state index contributed by atoms with van der Waals surface area (Å²) in [5.74, 6) is 0.197. The van der Waals surface area contributed by atoms with Crippen LogP contribution in [0.3, 0.4) is 0 Å². The predicted molar refractivity (Wildman–Crippen MR) is 59.5 cm³/mol. The Morgan fingerprint density at radius 1 is 1.47 bits per heavy atom. The van der Waals surface area contributed by atoms with E-state index in [1.165, 1.54) is 12.1 Å². The van der Waals surface area contributed by atoms with Gasteiger partial charge in [0.2, 0.25) is 0 Å². The molecule has 0 amide bonds. The maximum atomic E-state index is 13.0. The van der Waals surface area contributed by atoms with Gasteiger partial charge in [-0.25, -0.2) is 4.39 Å². The highest BCUT2D eigenvalue weighted by atomic mass is 35.5. The van der Waals surface area contributed by atoms with Crippen LogP contribution in [-0.2, 0) is 6.54 Å². The molecule has 0 fully saturated rings. The SMILES string of the molecule is CC(C)Cn1nc(Cl)c2cc(F)ccc21.